The van der Waals surface area contributed by atoms with E-state index in [1.54, 1.807) is 0 Å². The maximum absolute atomic E-state index is 6.31. The van der Waals surface area contributed by atoms with E-state index >= 15 is 0 Å². The molecule has 1 aliphatic heterocycles. The van der Waals surface area contributed by atoms with Gasteiger partial charge < -0.3 is 9.64 Å². The van der Waals surface area contributed by atoms with Gasteiger partial charge in [0.25, 0.3) is 0 Å². The van der Waals surface area contributed by atoms with E-state index < -0.39 is 0 Å². The molecular formula is C21H24BrNO. The molecule has 2 nitrogen and oxygen atoms in total. The van der Waals surface area contributed by atoms with Crippen molar-refractivity contribution in [2.45, 2.75) is 37.8 Å². The molecule has 126 valence electrons. The molecule has 0 bridgehead atoms. The molecule has 24 heavy (non-hydrogen) atoms. The highest BCUT2D eigenvalue weighted by Gasteiger charge is 2.33. The number of halogens is 1. The lowest BCUT2D eigenvalue weighted by atomic mass is 9.90. The number of likely N-dealkylation sites (N-methyl/N-ethyl adjacent to an activating group) is 1. The molecule has 0 N–H and O–H groups in total. The quantitative estimate of drug-likeness (QED) is 0.676. The number of nitrogens with zero attached hydrogens (tertiary/aromatic N) is 1. The second kappa shape index (κ2) is 7.43. The van der Waals surface area contributed by atoms with Crippen molar-refractivity contribution in [2.75, 3.05) is 7.05 Å². The van der Waals surface area contributed by atoms with Crippen molar-refractivity contribution in [1.82, 2.24) is 4.90 Å². The predicted octanol–water partition coefficient (Wildman–Crippen LogP) is 5.50. The van der Waals surface area contributed by atoms with Crippen LogP contribution in [0.15, 0.2) is 60.8 Å². The van der Waals surface area contributed by atoms with Crippen molar-refractivity contribution < 1.29 is 4.74 Å². The highest BCUT2D eigenvalue weighted by atomic mass is 79.9. The summed E-state index contributed by atoms with van der Waals surface area (Å²) in [5.41, 5.74) is 3.66. The van der Waals surface area contributed by atoms with Gasteiger partial charge in [-0.05, 0) is 30.4 Å². The number of rotatable bonds is 2. The minimum atomic E-state index is 0. The zero-order valence-corrected chi connectivity index (χ0v) is 15.7. The van der Waals surface area contributed by atoms with E-state index in [0.717, 1.165) is 5.76 Å². The Kier molecular flexibility index (Phi) is 5.30. The number of fused-ring (bicyclic) bond motifs is 1. The Balaban J connectivity index is 0.00000169. The molecule has 0 amide bonds. The molecule has 4 rings (SSSR count). The summed E-state index contributed by atoms with van der Waals surface area (Å²) in [5, 5.41) is 0. The third-order valence-electron chi connectivity index (χ3n) is 5.07. The fourth-order valence-electron chi connectivity index (χ4n) is 3.75. The summed E-state index contributed by atoms with van der Waals surface area (Å²) < 4.78 is 6.31. The van der Waals surface area contributed by atoms with Crippen LogP contribution in [0.25, 0.3) is 16.9 Å². The molecule has 2 aliphatic rings. The summed E-state index contributed by atoms with van der Waals surface area (Å²) in [7, 11) is 2.18. The summed E-state index contributed by atoms with van der Waals surface area (Å²) in [4.78, 5) is 2.35. The molecule has 0 radical (unpaired) electrons. The van der Waals surface area contributed by atoms with Gasteiger partial charge in [0.1, 0.15) is 11.9 Å². The molecule has 2 aromatic carbocycles. The Labute approximate surface area is 154 Å². The Morgan fingerprint density at radius 3 is 2.21 bits per heavy atom. The van der Waals surface area contributed by atoms with Crippen molar-refractivity contribution in [1.29, 1.82) is 0 Å². The van der Waals surface area contributed by atoms with Crippen LogP contribution in [0, 0.1) is 0 Å². The van der Waals surface area contributed by atoms with Gasteiger partial charge in [-0.1, -0.05) is 61.0 Å². The summed E-state index contributed by atoms with van der Waals surface area (Å²) in [6.45, 7) is 0. The van der Waals surface area contributed by atoms with Gasteiger partial charge in [-0.25, -0.2) is 0 Å². The van der Waals surface area contributed by atoms with Gasteiger partial charge in [0.2, 0.25) is 0 Å². The lowest BCUT2D eigenvalue weighted by Crippen LogP contribution is -2.45. The van der Waals surface area contributed by atoms with E-state index in [1.165, 1.54) is 42.4 Å². The van der Waals surface area contributed by atoms with Crippen LogP contribution in [0.4, 0.5) is 0 Å². The van der Waals surface area contributed by atoms with Crippen LogP contribution < -0.4 is 0 Å². The second-order valence-electron chi connectivity index (χ2n) is 6.61. The fourth-order valence-corrected chi connectivity index (χ4v) is 3.75. The zero-order chi connectivity index (χ0) is 15.6. The van der Waals surface area contributed by atoms with Gasteiger partial charge >= 0.3 is 0 Å². The fraction of sp³-hybridized carbons (Fsp3) is 0.333. The topological polar surface area (TPSA) is 12.5 Å². The largest absolute Gasteiger partial charge is 0.486 e. The van der Waals surface area contributed by atoms with Crippen LogP contribution in [-0.4, -0.2) is 24.1 Å². The third-order valence-corrected chi connectivity index (χ3v) is 5.07. The smallest absolute Gasteiger partial charge is 0.142 e. The first-order chi connectivity index (χ1) is 11.3. The molecule has 2 unspecified atom stereocenters. The van der Waals surface area contributed by atoms with Gasteiger partial charge in [-0.2, -0.15) is 0 Å². The van der Waals surface area contributed by atoms with Crippen molar-refractivity contribution in [3.63, 3.8) is 0 Å². The zero-order valence-electron chi connectivity index (χ0n) is 14.0. The molecule has 1 heterocycles. The van der Waals surface area contributed by atoms with Crippen molar-refractivity contribution in [2.24, 2.45) is 0 Å². The normalized spacial score (nSPS) is 22.7. The molecule has 2 atom stereocenters. The highest BCUT2D eigenvalue weighted by Crippen LogP contribution is 2.34. The molecule has 1 aliphatic carbocycles. The molecule has 0 spiro atoms. The molecular weight excluding hydrogens is 362 g/mol. The van der Waals surface area contributed by atoms with E-state index in [4.69, 9.17) is 4.74 Å². The minimum Gasteiger partial charge on any atom is -0.486 e. The van der Waals surface area contributed by atoms with Crippen LogP contribution in [0.5, 0.6) is 0 Å². The first-order valence-electron chi connectivity index (χ1n) is 8.57. The SMILES string of the molecule is Br.CN1C=C(c2ccc(-c3ccccc3)cc2)OC2CCCCC21. The third kappa shape index (κ3) is 3.36. The van der Waals surface area contributed by atoms with Crippen molar-refractivity contribution in [3.8, 4) is 11.1 Å². The highest BCUT2D eigenvalue weighted by molar-refractivity contribution is 8.93. The van der Waals surface area contributed by atoms with Gasteiger partial charge in [0.05, 0.1) is 6.04 Å². The monoisotopic (exact) mass is 385 g/mol. The minimum absolute atomic E-state index is 0. The molecule has 1 saturated carbocycles. The van der Waals surface area contributed by atoms with E-state index in [0.29, 0.717) is 12.1 Å². The first kappa shape index (κ1) is 17.1. The van der Waals surface area contributed by atoms with Crippen LogP contribution in [-0.2, 0) is 4.74 Å². The standard InChI is InChI=1S/C21H23NO.BrH/c1-22-15-21(23-20-10-6-5-9-19(20)22)18-13-11-17(12-14-18)16-7-3-2-4-8-16;/h2-4,7-8,11-15,19-20H,5-6,9-10H2,1H3;1H. The summed E-state index contributed by atoms with van der Waals surface area (Å²) in [6.07, 6.45) is 7.55. The van der Waals surface area contributed by atoms with Gasteiger partial charge in [-0.3, -0.25) is 0 Å². The number of benzene rings is 2. The molecule has 1 fully saturated rings. The maximum atomic E-state index is 6.31. The van der Waals surface area contributed by atoms with Crippen molar-refractivity contribution in [3.05, 3.63) is 66.4 Å². The summed E-state index contributed by atoms with van der Waals surface area (Å²) in [5.74, 6) is 1.01. The Bertz CT molecular complexity index is 696. The van der Waals surface area contributed by atoms with Crippen LogP contribution in [0.3, 0.4) is 0 Å². The maximum Gasteiger partial charge on any atom is 0.142 e. The van der Waals surface area contributed by atoms with Crippen LogP contribution in [0.2, 0.25) is 0 Å². The van der Waals surface area contributed by atoms with Crippen molar-refractivity contribution >= 4 is 22.7 Å². The van der Waals surface area contributed by atoms with Gasteiger partial charge in [-0.15, -0.1) is 17.0 Å². The first-order valence-corrected chi connectivity index (χ1v) is 8.57. The van der Waals surface area contributed by atoms with Gasteiger partial charge in [0, 0.05) is 18.8 Å². The van der Waals surface area contributed by atoms with Gasteiger partial charge in [0.15, 0.2) is 0 Å². The summed E-state index contributed by atoms with van der Waals surface area (Å²) >= 11 is 0. The lowest BCUT2D eigenvalue weighted by Gasteiger charge is -2.41. The Morgan fingerprint density at radius 1 is 0.833 bits per heavy atom. The average Bonchev–Trinajstić information content (AvgIpc) is 2.63. The molecule has 0 aromatic heterocycles. The Hall–Kier alpha value is -1.74. The lowest BCUT2D eigenvalue weighted by molar-refractivity contribution is 0.0298. The van der Waals surface area contributed by atoms with E-state index in [2.05, 4.69) is 72.7 Å². The van der Waals surface area contributed by atoms with Crippen LogP contribution in [0.1, 0.15) is 31.2 Å². The predicted molar refractivity (Wildman–Crippen MR) is 105 cm³/mol. The Morgan fingerprint density at radius 2 is 1.46 bits per heavy atom. The van der Waals surface area contributed by atoms with E-state index in [-0.39, 0.29) is 17.0 Å². The number of hydrogen-bond acceptors (Lipinski definition) is 2. The average molecular weight is 386 g/mol. The number of ether oxygens (including phenoxy) is 1. The molecule has 0 saturated heterocycles. The summed E-state index contributed by atoms with van der Waals surface area (Å²) in [6, 6.07) is 19.8. The van der Waals surface area contributed by atoms with E-state index in [9.17, 15) is 0 Å². The molecule has 3 heteroatoms. The molecule has 2 aromatic rings. The van der Waals surface area contributed by atoms with E-state index in [1.807, 2.05) is 0 Å². The van der Waals surface area contributed by atoms with Crippen LogP contribution >= 0.6 is 17.0 Å². The second-order valence-corrected chi connectivity index (χ2v) is 6.61. The number of hydrogen-bond donors (Lipinski definition) is 0.